The Hall–Kier alpha value is -4.36. The third kappa shape index (κ3) is 3.84. The van der Waals surface area contributed by atoms with Crippen LogP contribution in [0.2, 0.25) is 5.02 Å². The number of carboxylic acids is 1. The fourth-order valence-electron chi connectivity index (χ4n) is 6.18. The highest BCUT2D eigenvalue weighted by atomic mass is 35.5. The molecule has 3 aliphatic rings. The second kappa shape index (κ2) is 9.43. The van der Waals surface area contributed by atoms with Gasteiger partial charge in [0.2, 0.25) is 11.8 Å². The summed E-state index contributed by atoms with van der Waals surface area (Å²) in [7, 11) is 3.23. The number of allylic oxidation sites excluding steroid dienone is 3. The lowest BCUT2D eigenvalue weighted by Crippen LogP contribution is -2.33. The molecule has 0 aromatic heterocycles. The summed E-state index contributed by atoms with van der Waals surface area (Å²) in [5, 5.41) is 9.54. The minimum atomic E-state index is -1.23. The molecule has 1 heterocycles. The highest BCUT2D eigenvalue weighted by Crippen LogP contribution is 2.59. The Balaban J connectivity index is 1.46. The number of carbonyl (C=O) groups is 3. The summed E-state index contributed by atoms with van der Waals surface area (Å²) < 4.78 is 10.7. The summed E-state index contributed by atoms with van der Waals surface area (Å²) >= 11 is 6.03. The Kier molecular flexibility index (Phi) is 6.03. The molecule has 7 nitrogen and oxygen atoms in total. The van der Waals surface area contributed by atoms with Crippen LogP contribution in [0.4, 0.5) is 5.69 Å². The molecule has 3 aromatic carbocycles. The number of hydrogen-bond donors (Lipinski definition) is 1. The maximum Gasteiger partial charge on any atom is 0.337 e. The smallest absolute Gasteiger partial charge is 0.337 e. The summed E-state index contributed by atoms with van der Waals surface area (Å²) in [4.78, 5) is 40.3. The summed E-state index contributed by atoms with van der Waals surface area (Å²) in [5.41, 5.74) is 3.97. The van der Waals surface area contributed by atoms with Crippen molar-refractivity contribution < 1.29 is 29.0 Å². The van der Waals surface area contributed by atoms with E-state index in [1.807, 2.05) is 60.7 Å². The van der Waals surface area contributed by atoms with Crippen LogP contribution < -0.4 is 14.4 Å². The molecular weight excluding hydrogens is 518 g/mol. The van der Waals surface area contributed by atoms with E-state index in [2.05, 4.69) is 0 Å². The van der Waals surface area contributed by atoms with Gasteiger partial charge in [0, 0.05) is 11.8 Å². The van der Waals surface area contributed by atoms with Crippen molar-refractivity contribution in [2.45, 2.75) is 0 Å². The van der Waals surface area contributed by atoms with E-state index in [4.69, 9.17) is 21.1 Å². The Labute approximate surface area is 229 Å². The number of hydrogen-bond acceptors (Lipinski definition) is 5. The monoisotopic (exact) mass is 541 g/mol. The summed E-state index contributed by atoms with van der Waals surface area (Å²) in [6, 6.07) is 19.7. The fourth-order valence-corrected chi connectivity index (χ4v) is 6.38. The van der Waals surface area contributed by atoms with Gasteiger partial charge in [-0.25, -0.2) is 9.69 Å². The number of carbonyl (C=O) groups excluding carboxylic acids is 2. The van der Waals surface area contributed by atoms with Crippen LogP contribution in [0.3, 0.4) is 0 Å². The van der Waals surface area contributed by atoms with Crippen molar-refractivity contribution in [3.8, 4) is 11.5 Å². The van der Waals surface area contributed by atoms with Gasteiger partial charge in [0.1, 0.15) is 11.5 Å². The zero-order chi connectivity index (χ0) is 27.4. The molecule has 2 amide bonds. The van der Waals surface area contributed by atoms with Crippen molar-refractivity contribution in [2.75, 3.05) is 19.1 Å². The van der Waals surface area contributed by atoms with Crippen LogP contribution in [0.15, 0.2) is 84.5 Å². The standard InChI is InChI=1S/C31H24ClNO6/c1-38-19-8-3-16(4-9-19)25(17-5-10-20(39-2)11-6-17)26-21-12-13-22(26)28-27(21)29(34)33(30(28)35)18-7-14-24(32)23(15-18)31(36)37/h3-15,21-22,27-28H,1-2H3,(H,36,37)/t21-,22-,27-,28+/m1/s1. The summed E-state index contributed by atoms with van der Waals surface area (Å²) in [6.45, 7) is 0. The van der Waals surface area contributed by atoms with Crippen LogP contribution in [0, 0.1) is 23.7 Å². The molecule has 39 heavy (non-hydrogen) atoms. The number of amides is 2. The van der Waals surface area contributed by atoms with Crippen LogP contribution in [-0.4, -0.2) is 37.1 Å². The first-order valence-electron chi connectivity index (χ1n) is 12.5. The average molecular weight is 542 g/mol. The van der Waals surface area contributed by atoms with E-state index in [0.717, 1.165) is 38.7 Å². The Morgan fingerprint density at radius 1 is 0.795 bits per heavy atom. The van der Waals surface area contributed by atoms with Crippen molar-refractivity contribution in [3.63, 3.8) is 0 Å². The van der Waals surface area contributed by atoms with Gasteiger partial charge in [0.05, 0.1) is 42.3 Å². The van der Waals surface area contributed by atoms with Crippen LogP contribution in [-0.2, 0) is 9.59 Å². The van der Waals surface area contributed by atoms with Crippen LogP contribution >= 0.6 is 11.6 Å². The van der Waals surface area contributed by atoms with E-state index < -0.39 is 17.8 Å². The number of aromatic carboxylic acids is 1. The first-order chi connectivity index (χ1) is 18.8. The molecule has 1 aliphatic heterocycles. The number of halogens is 1. The Morgan fingerprint density at radius 3 is 1.72 bits per heavy atom. The zero-order valence-corrected chi connectivity index (χ0v) is 21.9. The maximum absolute atomic E-state index is 13.8. The number of anilines is 1. The molecule has 0 unspecified atom stereocenters. The van der Waals surface area contributed by atoms with Crippen molar-refractivity contribution in [1.29, 1.82) is 0 Å². The predicted molar refractivity (Wildman–Crippen MR) is 146 cm³/mol. The molecule has 1 N–H and O–H groups in total. The van der Waals surface area contributed by atoms with Crippen molar-refractivity contribution >= 4 is 40.6 Å². The third-order valence-electron chi connectivity index (χ3n) is 7.90. The highest BCUT2D eigenvalue weighted by molar-refractivity contribution is 6.34. The number of imide groups is 1. The highest BCUT2D eigenvalue weighted by Gasteiger charge is 2.62. The second-order valence-corrected chi connectivity index (χ2v) is 10.2. The normalized spacial score (nSPS) is 22.8. The lowest BCUT2D eigenvalue weighted by atomic mass is 9.85. The van der Waals surface area contributed by atoms with Gasteiger partial charge in [0.15, 0.2) is 0 Å². The molecule has 1 saturated carbocycles. The molecule has 6 rings (SSSR count). The van der Waals surface area contributed by atoms with Crippen molar-refractivity contribution in [3.05, 3.63) is 106 Å². The molecular formula is C31H24ClNO6. The quantitative estimate of drug-likeness (QED) is 0.328. The average Bonchev–Trinajstić information content (AvgIpc) is 3.58. The molecule has 8 heteroatoms. The molecule has 0 spiro atoms. The Morgan fingerprint density at radius 2 is 1.28 bits per heavy atom. The molecule has 196 valence electrons. The molecule has 2 aliphatic carbocycles. The first kappa shape index (κ1) is 24.9. The van der Waals surface area contributed by atoms with Gasteiger partial charge in [-0.1, -0.05) is 48.0 Å². The maximum atomic E-state index is 13.8. The summed E-state index contributed by atoms with van der Waals surface area (Å²) in [6.07, 6.45) is 4.04. The number of benzene rings is 3. The van der Waals surface area contributed by atoms with Crippen LogP contribution in [0.5, 0.6) is 11.5 Å². The fraction of sp³-hybridized carbons (Fsp3) is 0.194. The lowest BCUT2D eigenvalue weighted by Gasteiger charge is -2.22. The lowest BCUT2D eigenvalue weighted by molar-refractivity contribution is -0.122. The number of carboxylic acid groups (broad SMARTS) is 1. The van der Waals surface area contributed by atoms with E-state index in [1.54, 1.807) is 14.2 Å². The van der Waals surface area contributed by atoms with Gasteiger partial charge in [-0.15, -0.1) is 0 Å². The molecule has 1 saturated heterocycles. The van der Waals surface area contributed by atoms with E-state index in [0.29, 0.717) is 0 Å². The Bertz CT molecular complexity index is 1490. The topological polar surface area (TPSA) is 93.1 Å². The van der Waals surface area contributed by atoms with Crippen molar-refractivity contribution in [1.82, 2.24) is 0 Å². The predicted octanol–water partition coefficient (Wildman–Crippen LogP) is 5.48. The third-order valence-corrected chi connectivity index (χ3v) is 8.23. The van der Waals surface area contributed by atoms with Crippen LogP contribution in [0.25, 0.3) is 5.57 Å². The zero-order valence-electron chi connectivity index (χ0n) is 21.1. The SMILES string of the molecule is COc1ccc(C(=C2[C@H]3C=C[C@H]2[C@H]2C(=O)N(c4ccc(Cl)c(C(=O)O)c4)C(=O)[C@H]23)c2ccc(OC)cc2)cc1. The van der Waals surface area contributed by atoms with Gasteiger partial charge >= 0.3 is 5.97 Å². The number of rotatable bonds is 6. The van der Waals surface area contributed by atoms with E-state index in [1.165, 1.54) is 18.2 Å². The van der Waals surface area contributed by atoms with Gasteiger partial charge in [0.25, 0.3) is 0 Å². The van der Waals surface area contributed by atoms with Gasteiger partial charge in [-0.05, 0) is 64.7 Å². The van der Waals surface area contributed by atoms with Gasteiger partial charge in [-0.3, -0.25) is 9.59 Å². The van der Waals surface area contributed by atoms with Gasteiger partial charge in [-0.2, -0.15) is 0 Å². The molecule has 3 aromatic rings. The van der Waals surface area contributed by atoms with Crippen molar-refractivity contribution in [2.24, 2.45) is 23.7 Å². The van der Waals surface area contributed by atoms with E-state index >= 15 is 0 Å². The largest absolute Gasteiger partial charge is 0.497 e. The molecule has 4 atom stereocenters. The summed E-state index contributed by atoms with van der Waals surface area (Å²) in [5.74, 6) is -2.12. The second-order valence-electron chi connectivity index (χ2n) is 9.76. The first-order valence-corrected chi connectivity index (χ1v) is 12.8. The minimum absolute atomic E-state index is 0.0427. The number of ether oxygens (including phenoxy) is 2. The van der Waals surface area contributed by atoms with Crippen LogP contribution in [0.1, 0.15) is 21.5 Å². The number of methoxy groups -OCH3 is 2. The molecule has 2 fully saturated rings. The molecule has 2 bridgehead atoms. The molecule has 0 radical (unpaired) electrons. The number of fused-ring (bicyclic) bond motifs is 5. The van der Waals surface area contributed by atoms with Gasteiger partial charge < -0.3 is 14.6 Å². The number of nitrogens with zero attached hydrogens (tertiary/aromatic N) is 1. The van der Waals surface area contributed by atoms with E-state index in [-0.39, 0.29) is 39.9 Å². The minimum Gasteiger partial charge on any atom is -0.497 e. The van der Waals surface area contributed by atoms with E-state index in [9.17, 15) is 19.5 Å².